The molecule has 0 fully saturated rings. The van der Waals surface area contributed by atoms with Gasteiger partial charge in [-0.05, 0) is 195 Å². The zero-order valence-electron chi connectivity index (χ0n) is 41.8. The highest BCUT2D eigenvalue weighted by atomic mass is 15.1. The molecule has 14 rings (SSSR count). The number of hydrogen-bond donors (Lipinski definition) is 0. The molecule has 2 heteroatoms. The smallest absolute Gasteiger partial charge is 0.0468 e. The van der Waals surface area contributed by atoms with Gasteiger partial charge in [-0.25, -0.2) is 0 Å². The molecule has 14 aromatic rings. The standard InChI is InChI=1S/C74H50N2/c1-5-17-51(18-6-1)53-33-39-64(40-34-53)75(62-21-9-3-10-22-62)66-43-37-55-45-59(31-29-57(55)47-66)72-49-61-50-73(69-26-14-16-28-71(69)74(61)70-27-15-13-25-68(70)72)60-32-30-58-48-67(44-38-56(58)46-60)76(63-23-11-4-12-24-63)65-41-35-54(36-42-65)52-19-7-2-8-20-52/h1-50H. The van der Waals surface area contributed by atoms with Crippen LogP contribution in [0.4, 0.5) is 34.1 Å². The average Bonchev–Trinajstić information content (AvgIpc) is 3.57. The fourth-order valence-corrected chi connectivity index (χ4v) is 11.5. The molecular formula is C74H50N2. The summed E-state index contributed by atoms with van der Waals surface area (Å²) >= 11 is 0. The van der Waals surface area contributed by atoms with Crippen LogP contribution in [0.1, 0.15) is 0 Å². The Bertz CT molecular complexity index is 4140. The van der Waals surface area contributed by atoms with Crippen LogP contribution in [0.15, 0.2) is 303 Å². The van der Waals surface area contributed by atoms with Gasteiger partial charge in [0.25, 0.3) is 0 Å². The molecule has 0 spiro atoms. The van der Waals surface area contributed by atoms with E-state index in [-0.39, 0.29) is 0 Å². The molecule has 0 atom stereocenters. The third-order valence-electron chi connectivity index (χ3n) is 15.1. The van der Waals surface area contributed by atoms with E-state index in [2.05, 4.69) is 313 Å². The highest BCUT2D eigenvalue weighted by molar-refractivity contribution is 6.26. The van der Waals surface area contributed by atoms with Crippen LogP contribution in [-0.2, 0) is 0 Å². The summed E-state index contributed by atoms with van der Waals surface area (Å²) in [7, 11) is 0. The molecule has 0 saturated heterocycles. The molecule has 14 aromatic carbocycles. The van der Waals surface area contributed by atoms with E-state index in [9.17, 15) is 0 Å². The van der Waals surface area contributed by atoms with E-state index in [1.807, 2.05) is 0 Å². The van der Waals surface area contributed by atoms with Gasteiger partial charge in [0.15, 0.2) is 0 Å². The predicted octanol–water partition coefficient (Wildman–Crippen LogP) is 21.1. The number of benzene rings is 14. The van der Waals surface area contributed by atoms with Gasteiger partial charge < -0.3 is 9.80 Å². The lowest BCUT2D eigenvalue weighted by atomic mass is 9.87. The summed E-state index contributed by atoms with van der Waals surface area (Å²) < 4.78 is 0. The van der Waals surface area contributed by atoms with Crippen molar-refractivity contribution >= 4 is 88.0 Å². The second-order valence-corrected chi connectivity index (χ2v) is 19.7. The molecule has 356 valence electrons. The Balaban J connectivity index is 0.837. The normalized spacial score (nSPS) is 11.4. The maximum atomic E-state index is 2.43. The van der Waals surface area contributed by atoms with Crippen LogP contribution in [0.2, 0.25) is 0 Å². The number of hydrogen-bond acceptors (Lipinski definition) is 2. The molecule has 0 aromatic heterocycles. The first-order valence-electron chi connectivity index (χ1n) is 26.1. The van der Waals surface area contributed by atoms with Crippen molar-refractivity contribution in [2.24, 2.45) is 0 Å². The van der Waals surface area contributed by atoms with Crippen molar-refractivity contribution < 1.29 is 0 Å². The van der Waals surface area contributed by atoms with Gasteiger partial charge in [-0.15, -0.1) is 0 Å². The van der Waals surface area contributed by atoms with Gasteiger partial charge in [0, 0.05) is 34.1 Å². The lowest BCUT2D eigenvalue weighted by Gasteiger charge is -2.26. The largest absolute Gasteiger partial charge is 0.310 e. The summed E-state index contributed by atoms with van der Waals surface area (Å²) in [5.41, 5.74) is 16.4. The number of rotatable bonds is 10. The second kappa shape index (κ2) is 19.1. The van der Waals surface area contributed by atoms with E-state index in [1.165, 1.54) is 98.4 Å². The third-order valence-corrected chi connectivity index (χ3v) is 15.1. The van der Waals surface area contributed by atoms with Crippen molar-refractivity contribution in [3.8, 4) is 44.5 Å². The predicted molar refractivity (Wildman–Crippen MR) is 325 cm³/mol. The Morgan fingerprint density at radius 2 is 0.461 bits per heavy atom. The van der Waals surface area contributed by atoms with E-state index >= 15 is 0 Å². The zero-order chi connectivity index (χ0) is 50.4. The lowest BCUT2D eigenvalue weighted by molar-refractivity contribution is 1.29. The van der Waals surface area contributed by atoms with Crippen molar-refractivity contribution in [3.05, 3.63) is 303 Å². The molecule has 0 heterocycles. The molecule has 0 amide bonds. The summed E-state index contributed by atoms with van der Waals surface area (Å²) in [6.45, 7) is 0. The Hall–Kier alpha value is -10.0. The van der Waals surface area contributed by atoms with Crippen molar-refractivity contribution in [3.63, 3.8) is 0 Å². The van der Waals surface area contributed by atoms with Crippen molar-refractivity contribution in [2.45, 2.75) is 0 Å². The minimum Gasteiger partial charge on any atom is -0.310 e. The lowest BCUT2D eigenvalue weighted by Crippen LogP contribution is -2.09. The molecule has 0 aliphatic heterocycles. The van der Waals surface area contributed by atoms with Gasteiger partial charge in [0.1, 0.15) is 0 Å². The molecule has 0 aliphatic carbocycles. The molecule has 0 saturated carbocycles. The fourth-order valence-electron chi connectivity index (χ4n) is 11.5. The van der Waals surface area contributed by atoms with E-state index in [0.717, 1.165) is 34.1 Å². The molecule has 0 bridgehead atoms. The number of anilines is 6. The Morgan fingerprint density at radius 1 is 0.171 bits per heavy atom. The minimum atomic E-state index is 1.11. The molecule has 0 N–H and O–H groups in total. The van der Waals surface area contributed by atoms with Crippen LogP contribution in [0.3, 0.4) is 0 Å². The molecular weight excluding hydrogens is 917 g/mol. The maximum absolute atomic E-state index is 2.43. The van der Waals surface area contributed by atoms with E-state index in [4.69, 9.17) is 0 Å². The van der Waals surface area contributed by atoms with Crippen LogP contribution in [0, 0.1) is 0 Å². The first-order chi connectivity index (χ1) is 37.7. The molecule has 0 unspecified atom stereocenters. The van der Waals surface area contributed by atoms with Gasteiger partial charge in [-0.1, -0.05) is 206 Å². The van der Waals surface area contributed by atoms with E-state index < -0.39 is 0 Å². The summed E-state index contributed by atoms with van der Waals surface area (Å²) in [6.07, 6.45) is 0. The second-order valence-electron chi connectivity index (χ2n) is 19.7. The van der Waals surface area contributed by atoms with Crippen LogP contribution in [0.5, 0.6) is 0 Å². The molecule has 0 radical (unpaired) electrons. The highest BCUT2D eigenvalue weighted by Gasteiger charge is 2.19. The van der Waals surface area contributed by atoms with Gasteiger partial charge in [-0.2, -0.15) is 0 Å². The van der Waals surface area contributed by atoms with E-state index in [0.29, 0.717) is 0 Å². The quantitative estimate of drug-likeness (QED) is 0.126. The first kappa shape index (κ1) is 44.7. The molecule has 2 nitrogen and oxygen atoms in total. The van der Waals surface area contributed by atoms with Crippen LogP contribution < -0.4 is 9.80 Å². The van der Waals surface area contributed by atoms with Gasteiger partial charge in [0.05, 0.1) is 0 Å². The summed E-state index contributed by atoms with van der Waals surface area (Å²) in [4.78, 5) is 4.70. The summed E-state index contributed by atoms with van der Waals surface area (Å²) in [5, 5.41) is 12.3. The zero-order valence-corrected chi connectivity index (χ0v) is 41.8. The Morgan fingerprint density at radius 3 is 0.868 bits per heavy atom. The Labute approximate surface area is 443 Å². The Kier molecular flexibility index (Phi) is 11.2. The number of fused-ring (bicyclic) bond motifs is 7. The van der Waals surface area contributed by atoms with Crippen LogP contribution >= 0.6 is 0 Å². The minimum absolute atomic E-state index is 1.11. The number of para-hydroxylation sites is 2. The van der Waals surface area contributed by atoms with Crippen molar-refractivity contribution in [1.82, 2.24) is 0 Å². The van der Waals surface area contributed by atoms with Gasteiger partial charge in [-0.3, -0.25) is 0 Å². The molecule has 76 heavy (non-hydrogen) atoms. The number of nitrogens with zero attached hydrogens (tertiary/aromatic N) is 2. The maximum Gasteiger partial charge on any atom is 0.0468 e. The van der Waals surface area contributed by atoms with Crippen LogP contribution in [-0.4, -0.2) is 0 Å². The summed E-state index contributed by atoms with van der Waals surface area (Å²) in [6, 6.07) is 111. The van der Waals surface area contributed by atoms with Gasteiger partial charge >= 0.3 is 0 Å². The topological polar surface area (TPSA) is 6.48 Å². The van der Waals surface area contributed by atoms with Crippen molar-refractivity contribution in [1.29, 1.82) is 0 Å². The van der Waals surface area contributed by atoms with Gasteiger partial charge in [0.2, 0.25) is 0 Å². The molecule has 0 aliphatic rings. The van der Waals surface area contributed by atoms with Crippen LogP contribution in [0.25, 0.3) is 98.4 Å². The van der Waals surface area contributed by atoms with Crippen molar-refractivity contribution in [2.75, 3.05) is 9.80 Å². The first-order valence-corrected chi connectivity index (χ1v) is 26.1. The SMILES string of the molecule is c1ccc(-c2ccc(N(c3ccccc3)c3ccc4cc(-c5cc6cc(-c7ccc8cc(N(c9ccccc9)c9ccc(-c%10ccccc%10)cc9)ccc8c7)c7ccccc7c6c6ccccc56)ccc4c3)cc2)cc1. The summed E-state index contributed by atoms with van der Waals surface area (Å²) in [5.74, 6) is 0. The van der Waals surface area contributed by atoms with E-state index in [1.54, 1.807) is 0 Å². The highest BCUT2D eigenvalue weighted by Crippen LogP contribution is 2.45. The monoisotopic (exact) mass is 966 g/mol. The fraction of sp³-hybridized carbons (Fsp3) is 0. The average molecular weight is 967 g/mol. The third kappa shape index (κ3) is 8.19.